The molecular formula is C16H20N4O5S. The SMILES string of the molecule is COc1ccc([N+](=O)[O-])cc1NC(=O)C[C@@H]1SC(=NCC(C)C)NC1=O. The summed E-state index contributed by atoms with van der Waals surface area (Å²) < 4.78 is 5.10. The van der Waals surface area contributed by atoms with Gasteiger partial charge in [0.2, 0.25) is 11.8 Å². The first kappa shape index (κ1) is 19.7. The minimum Gasteiger partial charge on any atom is -0.495 e. The smallest absolute Gasteiger partial charge is 0.271 e. The molecule has 2 amide bonds. The molecular weight excluding hydrogens is 360 g/mol. The molecule has 1 heterocycles. The molecule has 2 rings (SSSR count). The number of nitrogens with zero attached hydrogens (tertiary/aromatic N) is 2. The number of nitrogens with one attached hydrogen (secondary N) is 2. The first-order valence-electron chi connectivity index (χ1n) is 7.94. The number of hydrogen-bond donors (Lipinski definition) is 2. The van der Waals surface area contributed by atoms with Gasteiger partial charge in [-0.1, -0.05) is 25.6 Å². The fraction of sp³-hybridized carbons (Fsp3) is 0.438. The van der Waals surface area contributed by atoms with E-state index in [2.05, 4.69) is 15.6 Å². The Balaban J connectivity index is 2.03. The maximum absolute atomic E-state index is 12.3. The predicted octanol–water partition coefficient (Wildman–Crippen LogP) is 2.18. The van der Waals surface area contributed by atoms with Gasteiger partial charge in [0, 0.05) is 25.1 Å². The highest BCUT2D eigenvalue weighted by Gasteiger charge is 2.32. The molecule has 140 valence electrons. The highest BCUT2D eigenvalue weighted by atomic mass is 32.2. The van der Waals surface area contributed by atoms with E-state index in [4.69, 9.17) is 4.74 Å². The molecule has 0 unspecified atom stereocenters. The van der Waals surface area contributed by atoms with Gasteiger partial charge in [-0.05, 0) is 12.0 Å². The van der Waals surface area contributed by atoms with Gasteiger partial charge in [0.05, 0.1) is 17.7 Å². The lowest BCUT2D eigenvalue weighted by atomic mass is 10.2. The number of amidine groups is 1. The largest absolute Gasteiger partial charge is 0.495 e. The van der Waals surface area contributed by atoms with Crippen LogP contribution in [0.25, 0.3) is 0 Å². The Hall–Kier alpha value is -2.62. The van der Waals surface area contributed by atoms with Crippen molar-refractivity contribution < 1.29 is 19.2 Å². The highest BCUT2D eigenvalue weighted by molar-refractivity contribution is 8.15. The molecule has 10 heteroatoms. The molecule has 0 radical (unpaired) electrons. The number of benzene rings is 1. The number of nitro benzene ring substituents is 1. The molecule has 0 saturated carbocycles. The van der Waals surface area contributed by atoms with E-state index in [1.54, 1.807) is 0 Å². The lowest BCUT2D eigenvalue weighted by Gasteiger charge is -2.11. The summed E-state index contributed by atoms with van der Waals surface area (Å²) in [5.74, 6) is -0.0597. The number of rotatable bonds is 7. The number of methoxy groups -OCH3 is 1. The molecule has 1 aliphatic heterocycles. The maximum Gasteiger partial charge on any atom is 0.271 e. The van der Waals surface area contributed by atoms with Crippen molar-refractivity contribution >= 4 is 40.1 Å². The van der Waals surface area contributed by atoms with Crippen molar-refractivity contribution in [2.75, 3.05) is 19.0 Å². The Bertz CT molecular complexity index is 750. The van der Waals surface area contributed by atoms with Gasteiger partial charge < -0.3 is 15.4 Å². The van der Waals surface area contributed by atoms with Gasteiger partial charge in [0.15, 0.2) is 5.17 Å². The third-order valence-corrected chi connectivity index (χ3v) is 4.53. The first-order chi connectivity index (χ1) is 12.3. The summed E-state index contributed by atoms with van der Waals surface area (Å²) in [7, 11) is 1.40. The summed E-state index contributed by atoms with van der Waals surface area (Å²) in [6, 6.07) is 3.90. The van der Waals surface area contributed by atoms with Gasteiger partial charge in [-0.25, -0.2) is 0 Å². The molecule has 1 aromatic carbocycles. The van der Waals surface area contributed by atoms with Crippen LogP contribution in [-0.4, -0.2) is 40.8 Å². The molecule has 0 spiro atoms. The van der Waals surface area contributed by atoms with E-state index in [9.17, 15) is 19.7 Å². The number of carbonyl (C=O) groups is 2. The van der Waals surface area contributed by atoms with Crippen molar-refractivity contribution in [3.63, 3.8) is 0 Å². The number of non-ortho nitro benzene ring substituents is 1. The van der Waals surface area contributed by atoms with Crippen LogP contribution in [0.3, 0.4) is 0 Å². The normalized spacial score (nSPS) is 18.1. The van der Waals surface area contributed by atoms with Crippen molar-refractivity contribution in [2.45, 2.75) is 25.5 Å². The second-order valence-electron chi connectivity index (χ2n) is 6.03. The fourth-order valence-electron chi connectivity index (χ4n) is 2.16. The molecule has 1 aliphatic rings. The molecule has 1 saturated heterocycles. The second kappa shape index (κ2) is 8.65. The topological polar surface area (TPSA) is 123 Å². The van der Waals surface area contributed by atoms with Gasteiger partial charge >= 0.3 is 0 Å². The van der Waals surface area contributed by atoms with Crippen LogP contribution in [-0.2, 0) is 9.59 Å². The number of aliphatic imine (C=N–C) groups is 1. The van der Waals surface area contributed by atoms with E-state index in [0.29, 0.717) is 23.4 Å². The second-order valence-corrected chi connectivity index (χ2v) is 7.22. The van der Waals surface area contributed by atoms with E-state index in [1.165, 1.54) is 37.1 Å². The molecule has 0 aromatic heterocycles. The fourth-order valence-corrected chi connectivity index (χ4v) is 3.14. The van der Waals surface area contributed by atoms with E-state index < -0.39 is 16.1 Å². The lowest BCUT2D eigenvalue weighted by Crippen LogP contribution is -2.28. The number of nitro groups is 1. The summed E-state index contributed by atoms with van der Waals surface area (Å²) in [4.78, 5) is 38.9. The van der Waals surface area contributed by atoms with Crippen LogP contribution in [0.4, 0.5) is 11.4 Å². The van der Waals surface area contributed by atoms with Crippen LogP contribution in [0.15, 0.2) is 23.2 Å². The van der Waals surface area contributed by atoms with Gasteiger partial charge in [0.1, 0.15) is 11.0 Å². The van der Waals surface area contributed by atoms with Crippen LogP contribution in [0.2, 0.25) is 0 Å². The van der Waals surface area contributed by atoms with Gasteiger partial charge in [-0.15, -0.1) is 0 Å². The maximum atomic E-state index is 12.3. The zero-order valence-electron chi connectivity index (χ0n) is 14.6. The molecule has 1 fully saturated rings. The number of amides is 2. The minimum atomic E-state index is -0.592. The summed E-state index contributed by atoms with van der Waals surface area (Å²) in [5.41, 5.74) is 0.0148. The van der Waals surface area contributed by atoms with Crippen molar-refractivity contribution in [3.8, 4) is 5.75 Å². The number of ether oxygens (including phenoxy) is 1. The summed E-state index contributed by atoms with van der Waals surface area (Å²) in [5, 5.41) is 16.0. The predicted molar refractivity (Wildman–Crippen MR) is 99.6 cm³/mol. The van der Waals surface area contributed by atoms with Crippen LogP contribution in [0.5, 0.6) is 5.75 Å². The summed E-state index contributed by atoms with van der Waals surface area (Å²) in [6.07, 6.45) is -0.0803. The van der Waals surface area contributed by atoms with Crippen LogP contribution >= 0.6 is 11.8 Å². The third-order valence-electron chi connectivity index (χ3n) is 3.42. The number of hydrogen-bond acceptors (Lipinski definition) is 7. The standard InChI is InChI=1S/C16H20N4O5S/c1-9(2)8-17-16-19-15(22)13(26-16)7-14(21)18-11-6-10(20(23)24)4-5-12(11)25-3/h4-6,9,13H,7-8H2,1-3H3,(H,18,21)(H,17,19,22)/t13-/m0/s1. The molecule has 1 atom stereocenters. The van der Waals surface area contributed by atoms with E-state index in [0.717, 1.165) is 0 Å². The average Bonchev–Trinajstić information content (AvgIpc) is 2.92. The zero-order valence-corrected chi connectivity index (χ0v) is 15.5. The minimum absolute atomic E-state index is 0.0803. The van der Waals surface area contributed by atoms with Crippen molar-refractivity contribution in [1.29, 1.82) is 0 Å². The number of thioether (sulfide) groups is 1. The molecule has 1 aromatic rings. The highest BCUT2D eigenvalue weighted by Crippen LogP contribution is 2.30. The first-order valence-corrected chi connectivity index (χ1v) is 8.82. The Kier molecular flexibility index (Phi) is 6.56. The van der Waals surface area contributed by atoms with Crippen molar-refractivity contribution in [3.05, 3.63) is 28.3 Å². The van der Waals surface area contributed by atoms with Crippen molar-refractivity contribution in [1.82, 2.24) is 5.32 Å². The van der Waals surface area contributed by atoms with Gasteiger partial charge in [0.25, 0.3) is 5.69 Å². The zero-order chi connectivity index (χ0) is 19.3. The molecule has 9 nitrogen and oxygen atoms in total. The van der Waals surface area contributed by atoms with E-state index in [1.807, 2.05) is 13.8 Å². The number of carbonyl (C=O) groups excluding carboxylic acids is 2. The molecule has 0 bridgehead atoms. The molecule has 0 aliphatic carbocycles. The molecule has 2 N–H and O–H groups in total. The van der Waals surface area contributed by atoms with Crippen LogP contribution < -0.4 is 15.4 Å². The Morgan fingerprint density at radius 3 is 2.85 bits per heavy atom. The van der Waals surface area contributed by atoms with Gasteiger partial charge in [-0.3, -0.25) is 24.7 Å². The lowest BCUT2D eigenvalue weighted by molar-refractivity contribution is -0.384. The van der Waals surface area contributed by atoms with E-state index >= 15 is 0 Å². The Morgan fingerprint density at radius 1 is 1.50 bits per heavy atom. The van der Waals surface area contributed by atoms with Crippen LogP contribution in [0.1, 0.15) is 20.3 Å². The Morgan fingerprint density at radius 2 is 2.23 bits per heavy atom. The quantitative estimate of drug-likeness (QED) is 0.552. The average molecular weight is 380 g/mol. The van der Waals surface area contributed by atoms with Gasteiger partial charge in [-0.2, -0.15) is 0 Å². The third kappa shape index (κ3) is 5.19. The van der Waals surface area contributed by atoms with E-state index in [-0.39, 0.29) is 23.7 Å². The summed E-state index contributed by atoms with van der Waals surface area (Å²) in [6.45, 7) is 4.62. The Labute approximate surface area is 154 Å². The summed E-state index contributed by atoms with van der Waals surface area (Å²) >= 11 is 1.21. The van der Waals surface area contributed by atoms with Crippen molar-refractivity contribution in [2.24, 2.45) is 10.9 Å². The molecule has 26 heavy (non-hydrogen) atoms. The monoisotopic (exact) mass is 380 g/mol. The van der Waals surface area contributed by atoms with Crippen LogP contribution in [0, 0.1) is 16.0 Å². The number of anilines is 1.